The molecule has 2 aliphatic rings. The number of nitrogens with zero attached hydrogens (tertiary/aromatic N) is 2. The van der Waals surface area contributed by atoms with Crippen LogP contribution in [0.25, 0.3) is 0 Å². The van der Waals surface area contributed by atoms with Gasteiger partial charge in [-0.15, -0.1) is 0 Å². The summed E-state index contributed by atoms with van der Waals surface area (Å²) >= 11 is 0. The molecule has 1 saturated carbocycles. The number of amides is 1. The minimum atomic E-state index is 0.0581. The number of hydrogen-bond acceptors (Lipinski definition) is 3. The maximum absolute atomic E-state index is 12.6. The van der Waals surface area contributed by atoms with Crippen molar-refractivity contribution in [1.29, 1.82) is 0 Å². The highest BCUT2D eigenvalue weighted by molar-refractivity contribution is 5.83. The van der Waals surface area contributed by atoms with Crippen LogP contribution in [-0.2, 0) is 4.79 Å². The van der Waals surface area contributed by atoms with E-state index in [1.54, 1.807) is 6.20 Å². The molecule has 0 bridgehead atoms. The Labute approximate surface area is 136 Å². The molecule has 4 heteroatoms. The van der Waals surface area contributed by atoms with Gasteiger partial charge in [-0.1, -0.05) is 36.4 Å². The van der Waals surface area contributed by atoms with Crippen LogP contribution in [0, 0.1) is 5.92 Å². The van der Waals surface area contributed by atoms with E-state index in [4.69, 9.17) is 4.74 Å². The van der Waals surface area contributed by atoms with E-state index in [0.29, 0.717) is 18.3 Å². The van der Waals surface area contributed by atoms with Gasteiger partial charge in [-0.2, -0.15) is 0 Å². The van der Waals surface area contributed by atoms with E-state index < -0.39 is 0 Å². The van der Waals surface area contributed by atoms with Gasteiger partial charge in [0.2, 0.25) is 11.8 Å². The quantitative estimate of drug-likeness (QED) is 0.872. The average Bonchev–Trinajstić information content (AvgIpc) is 3.28. The summed E-state index contributed by atoms with van der Waals surface area (Å²) in [5.74, 6) is 1.48. The molecule has 4 nitrogen and oxygen atoms in total. The Balaban J connectivity index is 1.33. The fourth-order valence-corrected chi connectivity index (χ4v) is 3.38. The molecule has 0 radical (unpaired) electrons. The average molecular weight is 308 g/mol. The van der Waals surface area contributed by atoms with Gasteiger partial charge < -0.3 is 9.64 Å². The van der Waals surface area contributed by atoms with Crippen LogP contribution < -0.4 is 4.74 Å². The monoisotopic (exact) mass is 308 g/mol. The first kappa shape index (κ1) is 14.2. The minimum Gasteiger partial charge on any atom is -0.472 e. The number of aromatic nitrogens is 1. The fourth-order valence-electron chi connectivity index (χ4n) is 3.38. The lowest BCUT2D eigenvalue weighted by atomic mass is 10.1. The van der Waals surface area contributed by atoms with Gasteiger partial charge in [-0.3, -0.25) is 4.79 Å². The van der Waals surface area contributed by atoms with Crippen LogP contribution in [-0.4, -0.2) is 35.0 Å². The molecule has 118 valence electrons. The molecule has 1 aromatic heterocycles. The highest BCUT2D eigenvalue weighted by Crippen LogP contribution is 2.48. The Morgan fingerprint density at radius 3 is 2.74 bits per heavy atom. The molecule has 1 aromatic carbocycles. The second-order valence-electron chi connectivity index (χ2n) is 6.34. The Morgan fingerprint density at radius 2 is 1.96 bits per heavy atom. The third kappa shape index (κ3) is 3.07. The molecule has 4 rings (SSSR count). The van der Waals surface area contributed by atoms with E-state index >= 15 is 0 Å². The standard InChI is InChI=1S/C19H20N2O2/c22-19(17-12-16(17)14-6-2-1-3-7-14)21-11-9-15(13-21)23-18-8-4-5-10-20-18/h1-8,10,15-17H,9,11-13H2/t15-,16+,17-/m1/s1. The summed E-state index contributed by atoms with van der Waals surface area (Å²) < 4.78 is 5.86. The molecule has 2 aromatic rings. The van der Waals surface area contributed by atoms with Crippen LogP contribution >= 0.6 is 0 Å². The van der Waals surface area contributed by atoms with E-state index in [1.807, 2.05) is 41.3 Å². The van der Waals surface area contributed by atoms with Crippen molar-refractivity contribution in [3.8, 4) is 5.88 Å². The molecule has 0 unspecified atom stereocenters. The Hall–Kier alpha value is -2.36. The molecular weight excluding hydrogens is 288 g/mol. The van der Waals surface area contributed by atoms with E-state index in [-0.39, 0.29) is 17.9 Å². The lowest BCUT2D eigenvalue weighted by Crippen LogP contribution is -2.32. The van der Waals surface area contributed by atoms with Crippen LogP contribution in [0.4, 0.5) is 0 Å². The lowest BCUT2D eigenvalue weighted by molar-refractivity contribution is -0.131. The van der Waals surface area contributed by atoms with Crippen molar-refractivity contribution in [3.05, 3.63) is 60.3 Å². The van der Waals surface area contributed by atoms with Crippen molar-refractivity contribution in [3.63, 3.8) is 0 Å². The second kappa shape index (κ2) is 6.03. The second-order valence-corrected chi connectivity index (χ2v) is 6.34. The third-order valence-corrected chi connectivity index (χ3v) is 4.72. The largest absolute Gasteiger partial charge is 0.472 e. The summed E-state index contributed by atoms with van der Waals surface area (Å²) in [6.45, 7) is 1.46. The zero-order valence-corrected chi connectivity index (χ0v) is 13.0. The van der Waals surface area contributed by atoms with E-state index in [2.05, 4.69) is 17.1 Å². The number of ether oxygens (including phenoxy) is 1. The van der Waals surface area contributed by atoms with Gasteiger partial charge in [0.15, 0.2) is 0 Å². The van der Waals surface area contributed by atoms with Crippen LogP contribution in [0.15, 0.2) is 54.7 Å². The summed E-state index contributed by atoms with van der Waals surface area (Å²) in [5, 5.41) is 0. The number of pyridine rings is 1. The predicted molar refractivity (Wildman–Crippen MR) is 87.1 cm³/mol. The molecule has 2 fully saturated rings. The normalized spacial score (nSPS) is 26.1. The third-order valence-electron chi connectivity index (χ3n) is 4.72. The first-order chi connectivity index (χ1) is 11.3. The highest BCUT2D eigenvalue weighted by Gasteiger charge is 2.46. The number of carbonyl (C=O) groups is 1. The van der Waals surface area contributed by atoms with Gasteiger partial charge in [-0.25, -0.2) is 4.98 Å². The Bertz CT molecular complexity index is 674. The first-order valence-electron chi connectivity index (χ1n) is 8.22. The Morgan fingerprint density at radius 1 is 1.13 bits per heavy atom. The zero-order chi connectivity index (χ0) is 15.6. The van der Waals surface area contributed by atoms with Crippen molar-refractivity contribution in [2.45, 2.75) is 24.9 Å². The number of carbonyl (C=O) groups excluding carboxylic acids is 1. The van der Waals surface area contributed by atoms with Crippen molar-refractivity contribution < 1.29 is 9.53 Å². The maximum atomic E-state index is 12.6. The fraction of sp³-hybridized carbons (Fsp3) is 0.368. The van der Waals surface area contributed by atoms with Crippen LogP contribution in [0.1, 0.15) is 24.3 Å². The first-order valence-corrected chi connectivity index (χ1v) is 8.22. The molecule has 23 heavy (non-hydrogen) atoms. The molecule has 1 saturated heterocycles. The molecule has 0 spiro atoms. The van der Waals surface area contributed by atoms with Gasteiger partial charge >= 0.3 is 0 Å². The SMILES string of the molecule is O=C([C@@H]1C[C@H]1c1ccccc1)N1CC[C@@H](Oc2ccccn2)C1. The van der Waals surface area contributed by atoms with Crippen LogP contribution in [0.3, 0.4) is 0 Å². The molecule has 1 amide bonds. The maximum Gasteiger partial charge on any atom is 0.226 e. The van der Waals surface area contributed by atoms with E-state index in [9.17, 15) is 4.79 Å². The number of rotatable bonds is 4. The van der Waals surface area contributed by atoms with Crippen molar-refractivity contribution in [2.24, 2.45) is 5.92 Å². The van der Waals surface area contributed by atoms with Gasteiger partial charge in [0.05, 0.1) is 6.54 Å². The Kier molecular flexibility index (Phi) is 3.74. The molecule has 1 aliphatic heterocycles. The smallest absolute Gasteiger partial charge is 0.226 e. The summed E-state index contributed by atoms with van der Waals surface area (Å²) in [6, 6.07) is 16.0. The molecular formula is C19H20N2O2. The zero-order valence-electron chi connectivity index (χ0n) is 13.0. The summed E-state index contributed by atoms with van der Waals surface area (Å²) in [7, 11) is 0. The molecule has 2 heterocycles. The number of hydrogen-bond donors (Lipinski definition) is 0. The van der Waals surface area contributed by atoms with E-state index in [1.165, 1.54) is 5.56 Å². The van der Waals surface area contributed by atoms with Crippen LogP contribution in [0.5, 0.6) is 5.88 Å². The lowest BCUT2D eigenvalue weighted by Gasteiger charge is -2.17. The van der Waals surface area contributed by atoms with Crippen molar-refractivity contribution >= 4 is 5.91 Å². The van der Waals surface area contributed by atoms with Crippen LogP contribution in [0.2, 0.25) is 0 Å². The highest BCUT2D eigenvalue weighted by atomic mass is 16.5. The molecule has 1 aliphatic carbocycles. The summed E-state index contributed by atoms with van der Waals surface area (Å²) in [4.78, 5) is 18.8. The van der Waals surface area contributed by atoms with Gasteiger partial charge in [-0.05, 0) is 24.0 Å². The summed E-state index contributed by atoms with van der Waals surface area (Å²) in [6.07, 6.45) is 3.64. The molecule has 0 N–H and O–H groups in total. The topological polar surface area (TPSA) is 42.4 Å². The van der Waals surface area contributed by atoms with Gasteiger partial charge in [0, 0.05) is 31.1 Å². The number of likely N-dealkylation sites (tertiary alicyclic amines) is 1. The summed E-state index contributed by atoms with van der Waals surface area (Å²) in [5.41, 5.74) is 1.28. The number of benzene rings is 1. The van der Waals surface area contributed by atoms with Crippen molar-refractivity contribution in [1.82, 2.24) is 9.88 Å². The predicted octanol–water partition coefficient (Wildman–Crippen LogP) is 2.87. The molecule has 3 atom stereocenters. The van der Waals surface area contributed by atoms with Gasteiger partial charge in [0.25, 0.3) is 0 Å². The van der Waals surface area contributed by atoms with Gasteiger partial charge in [0.1, 0.15) is 6.10 Å². The van der Waals surface area contributed by atoms with E-state index in [0.717, 1.165) is 19.4 Å². The minimum absolute atomic E-state index is 0.0581. The van der Waals surface area contributed by atoms with Crippen molar-refractivity contribution in [2.75, 3.05) is 13.1 Å².